The van der Waals surface area contributed by atoms with Gasteiger partial charge in [-0.2, -0.15) is 0 Å². The Bertz CT molecular complexity index is 1000. The van der Waals surface area contributed by atoms with Crippen molar-refractivity contribution in [2.45, 2.75) is 25.8 Å². The Balaban J connectivity index is 1.52. The summed E-state index contributed by atoms with van der Waals surface area (Å²) in [4.78, 5) is 39.0. The minimum absolute atomic E-state index is 0.155. The van der Waals surface area contributed by atoms with Gasteiger partial charge >= 0.3 is 0 Å². The third-order valence-corrected chi connectivity index (χ3v) is 6.68. The van der Waals surface area contributed by atoms with Crippen LogP contribution in [-0.4, -0.2) is 17.7 Å². The minimum Gasteiger partial charge on any atom is -0.345 e. The minimum atomic E-state index is -0.366. The summed E-state index contributed by atoms with van der Waals surface area (Å²) in [5.74, 6) is -1.28. The molecule has 0 bridgehead atoms. The molecule has 2 aromatic rings. The number of fused-ring (bicyclic) bond motifs is 1. The van der Waals surface area contributed by atoms with E-state index in [1.165, 1.54) is 16.3 Å². The van der Waals surface area contributed by atoms with Crippen LogP contribution in [0.5, 0.6) is 0 Å². The molecule has 2 N–H and O–H groups in total. The van der Waals surface area contributed by atoms with Crippen LogP contribution in [0, 0.1) is 11.8 Å². The molecule has 1 aliphatic heterocycles. The third-order valence-electron chi connectivity index (χ3n) is 5.26. The number of carbonyl (C=O) groups excluding carboxylic acids is 3. The molecule has 3 atom stereocenters. The highest BCUT2D eigenvalue weighted by atomic mass is 35.5. The normalized spacial score (nSPS) is 22.1. The van der Waals surface area contributed by atoms with Crippen molar-refractivity contribution >= 4 is 46.3 Å². The number of hydrogen-bond donors (Lipinski definition) is 2. The molecule has 150 valence electrons. The number of halogens is 1. The Morgan fingerprint density at radius 2 is 1.97 bits per heavy atom. The summed E-state index contributed by atoms with van der Waals surface area (Å²) < 4.78 is 0.665. The fourth-order valence-corrected chi connectivity index (χ4v) is 4.74. The molecule has 1 aromatic heterocycles. The number of benzene rings is 1. The van der Waals surface area contributed by atoms with Gasteiger partial charge in [-0.3, -0.25) is 19.8 Å². The summed E-state index contributed by atoms with van der Waals surface area (Å²) in [6, 6.07) is 10.2. The zero-order valence-corrected chi connectivity index (χ0v) is 17.3. The van der Waals surface area contributed by atoms with Crippen LogP contribution in [0.2, 0.25) is 4.34 Å². The van der Waals surface area contributed by atoms with Crippen LogP contribution >= 0.6 is 22.9 Å². The molecule has 1 fully saturated rings. The molecule has 2 heterocycles. The zero-order valence-electron chi connectivity index (χ0n) is 15.7. The molecular formula is C21H20ClN3O3S. The number of nitrogens with zero attached hydrogens (tertiary/aromatic N) is 1. The maximum Gasteiger partial charge on any atom is 0.251 e. The first-order valence-corrected chi connectivity index (χ1v) is 10.6. The molecule has 8 heteroatoms. The van der Waals surface area contributed by atoms with Crippen LogP contribution in [-0.2, 0) is 9.59 Å². The van der Waals surface area contributed by atoms with Gasteiger partial charge in [0.2, 0.25) is 11.8 Å². The first kappa shape index (κ1) is 19.7. The maximum atomic E-state index is 12.9. The smallest absolute Gasteiger partial charge is 0.251 e. The molecule has 29 heavy (non-hydrogen) atoms. The highest BCUT2D eigenvalue weighted by molar-refractivity contribution is 7.16. The van der Waals surface area contributed by atoms with Gasteiger partial charge in [-0.15, -0.1) is 11.3 Å². The first-order chi connectivity index (χ1) is 13.9. The van der Waals surface area contributed by atoms with Gasteiger partial charge in [-0.1, -0.05) is 29.8 Å². The number of carbonyl (C=O) groups is 3. The molecule has 0 spiro atoms. The SMILES string of the molecule is CC(NC(=O)c1cccc(N2NC(=O)C3CC=CCC3C2=O)c1)c1ccc(Cl)s1. The van der Waals surface area contributed by atoms with Crippen molar-refractivity contribution in [1.29, 1.82) is 0 Å². The number of amides is 3. The average Bonchev–Trinajstić information content (AvgIpc) is 3.17. The lowest BCUT2D eigenvalue weighted by Crippen LogP contribution is -2.59. The molecule has 3 unspecified atom stereocenters. The largest absolute Gasteiger partial charge is 0.345 e. The maximum absolute atomic E-state index is 12.9. The summed E-state index contributed by atoms with van der Waals surface area (Å²) in [5.41, 5.74) is 3.56. The molecule has 1 aliphatic carbocycles. The molecule has 6 nitrogen and oxygen atoms in total. The van der Waals surface area contributed by atoms with E-state index in [1.54, 1.807) is 30.3 Å². The van der Waals surface area contributed by atoms with E-state index in [-0.39, 0.29) is 35.6 Å². The summed E-state index contributed by atoms with van der Waals surface area (Å²) in [6.07, 6.45) is 5.01. The van der Waals surface area contributed by atoms with Gasteiger partial charge in [0.1, 0.15) is 0 Å². The van der Waals surface area contributed by atoms with E-state index in [0.717, 1.165) is 4.88 Å². The highest BCUT2D eigenvalue weighted by Gasteiger charge is 2.42. The molecule has 0 saturated carbocycles. The predicted molar refractivity (Wildman–Crippen MR) is 113 cm³/mol. The molecule has 0 radical (unpaired) electrons. The van der Waals surface area contributed by atoms with Gasteiger partial charge in [0.15, 0.2) is 0 Å². The van der Waals surface area contributed by atoms with E-state index in [9.17, 15) is 14.4 Å². The second kappa shape index (κ2) is 8.00. The zero-order chi connectivity index (χ0) is 20.5. The lowest BCUT2D eigenvalue weighted by atomic mass is 9.80. The van der Waals surface area contributed by atoms with Crippen LogP contribution in [0.1, 0.15) is 41.0 Å². The Morgan fingerprint density at radius 3 is 2.69 bits per heavy atom. The van der Waals surface area contributed by atoms with Crippen LogP contribution in [0.15, 0.2) is 48.6 Å². The topological polar surface area (TPSA) is 78.5 Å². The van der Waals surface area contributed by atoms with Crippen molar-refractivity contribution in [2.24, 2.45) is 11.8 Å². The molecule has 4 rings (SSSR count). The number of rotatable bonds is 4. The molecule has 1 aromatic carbocycles. The first-order valence-electron chi connectivity index (χ1n) is 9.39. The van der Waals surface area contributed by atoms with Gasteiger partial charge in [0, 0.05) is 10.4 Å². The van der Waals surface area contributed by atoms with Gasteiger partial charge < -0.3 is 5.32 Å². The second-order valence-corrected chi connectivity index (χ2v) is 8.94. The Morgan fingerprint density at radius 1 is 1.21 bits per heavy atom. The van der Waals surface area contributed by atoms with Crippen molar-refractivity contribution < 1.29 is 14.4 Å². The Hall–Kier alpha value is -2.64. The molecular weight excluding hydrogens is 410 g/mol. The van der Waals surface area contributed by atoms with E-state index < -0.39 is 0 Å². The lowest BCUT2D eigenvalue weighted by Gasteiger charge is -2.38. The Kier molecular flexibility index (Phi) is 5.43. The van der Waals surface area contributed by atoms with Gasteiger partial charge in [0.25, 0.3) is 5.91 Å². The standard InChI is InChI=1S/C21H20ClN3O3S/c1-12(17-9-10-18(22)29-17)23-19(26)13-5-4-6-14(11-13)25-21(28)16-8-3-2-7-15(16)20(27)24-25/h2-6,9-12,15-16H,7-8H2,1H3,(H,23,26)(H,24,27). The third kappa shape index (κ3) is 3.93. The number of thiophene rings is 1. The van der Waals surface area contributed by atoms with Crippen molar-refractivity contribution in [3.05, 3.63) is 63.3 Å². The van der Waals surface area contributed by atoms with Gasteiger partial charge in [-0.25, -0.2) is 5.01 Å². The average molecular weight is 430 g/mol. The number of hydrazine groups is 1. The van der Waals surface area contributed by atoms with Crippen LogP contribution < -0.4 is 15.8 Å². The van der Waals surface area contributed by atoms with Gasteiger partial charge in [-0.05, 0) is 50.1 Å². The number of anilines is 1. The van der Waals surface area contributed by atoms with Crippen molar-refractivity contribution in [3.8, 4) is 0 Å². The van der Waals surface area contributed by atoms with Crippen LogP contribution in [0.4, 0.5) is 5.69 Å². The lowest BCUT2D eigenvalue weighted by molar-refractivity contribution is -0.139. The van der Waals surface area contributed by atoms with Crippen molar-refractivity contribution in [2.75, 3.05) is 5.01 Å². The molecule has 1 saturated heterocycles. The quantitative estimate of drug-likeness (QED) is 0.724. The van der Waals surface area contributed by atoms with E-state index in [0.29, 0.717) is 28.4 Å². The van der Waals surface area contributed by atoms with E-state index >= 15 is 0 Å². The molecule has 2 aliphatic rings. The second-order valence-electron chi connectivity index (χ2n) is 7.19. The highest BCUT2D eigenvalue weighted by Crippen LogP contribution is 2.32. The number of allylic oxidation sites excluding steroid dienone is 2. The predicted octanol–water partition coefficient (Wildman–Crippen LogP) is 3.85. The summed E-state index contributed by atoms with van der Waals surface area (Å²) in [6.45, 7) is 1.88. The van der Waals surface area contributed by atoms with Crippen LogP contribution in [0.3, 0.4) is 0 Å². The fraction of sp³-hybridized carbons (Fsp3) is 0.286. The van der Waals surface area contributed by atoms with E-state index in [1.807, 2.05) is 25.1 Å². The van der Waals surface area contributed by atoms with E-state index in [2.05, 4.69) is 10.7 Å². The molecule has 3 amide bonds. The summed E-state index contributed by atoms with van der Waals surface area (Å²) >= 11 is 7.38. The Labute approximate surface area is 177 Å². The van der Waals surface area contributed by atoms with Gasteiger partial charge in [0.05, 0.1) is 27.9 Å². The summed E-state index contributed by atoms with van der Waals surface area (Å²) in [7, 11) is 0. The number of nitrogens with one attached hydrogen (secondary N) is 2. The van der Waals surface area contributed by atoms with Crippen molar-refractivity contribution in [3.63, 3.8) is 0 Å². The number of hydrogen-bond acceptors (Lipinski definition) is 4. The fourth-order valence-electron chi connectivity index (χ4n) is 3.68. The van der Waals surface area contributed by atoms with Crippen molar-refractivity contribution in [1.82, 2.24) is 10.7 Å². The monoisotopic (exact) mass is 429 g/mol. The summed E-state index contributed by atoms with van der Waals surface area (Å²) in [5, 5.41) is 4.20. The van der Waals surface area contributed by atoms with Crippen LogP contribution in [0.25, 0.3) is 0 Å². The van der Waals surface area contributed by atoms with E-state index in [4.69, 9.17) is 11.6 Å².